The molecule has 300 valence electrons. The van der Waals surface area contributed by atoms with Crippen molar-refractivity contribution >= 4 is 99.4 Å². The van der Waals surface area contributed by atoms with Crippen molar-refractivity contribution in [2.24, 2.45) is 0 Å². The lowest BCUT2D eigenvalue weighted by Crippen LogP contribution is -2.04. The van der Waals surface area contributed by atoms with Crippen LogP contribution in [-0.4, -0.2) is 23.7 Å². The first-order valence-corrected chi connectivity index (χ1v) is 21.8. The number of para-hydroxylation sites is 5. The first-order valence-electron chi connectivity index (χ1n) is 21.8. The minimum atomic E-state index is 0.782. The molecule has 0 unspecified atom stereocenters. The summed E-state index contributed by atoms with van der Waals surface area (Å²) < 4.78 is 7.12. The van der Waals surface area contributed by atoms with Gasteiger partial charge < -0.3 is 9.13 Å². The highest BCUT2D eigenvalue weighted by Gasteiger charge is 2.23. The molecule has 64 heavy (non-hydrogen) atoms. The molecule has 0 amide bonds. The Morgan fingerprint density at radius 2 is 1.05 bits per heavy atom. The minimum Gasteiger partial charge on any atom is -0.309 e. The molecule has 0 aliphatic rings. The van der Waals surface area contributed by atoms with Crippen LogP contribution in [0.3, 0.4) is 0 Å². The topological polar surface area (TPSA) is 40.6 Å². The van der Waals surface area contributed by atoms with Crippen LogP contribution >= 0.6 is 0 Å². The van der Waals surface area contributed by atoms with Crippen LogP contribution < -0.4 is 0 Å². The van der Waals surface area contributed by atoms with Gasteiger partial charge in [0.15, 0.2) is 5.82 Å². The van der Waals surface area contributed by atoms with Gasteiger partial charge >= 0.3 is 0 Å². The van der Waals surface area contributed by atoms with Gasteiger partial charge in [0.1, 0.15) is 5.69 Å². The molecule has 4 aromatic heterocycles. The van der Waals surface area contributed by atoms with Gasteiger partial charge in [-0.1, -0.05) is 134 Å². The predicted octanol–water partition coefficient (Wildman–Crippen LogP) is 15.4. The van der Waals surface area contributed by atoms with E-state index in [0.717, 1.165) is 94.5 Å². The lowest BCUT2D eigenvalue weighted by atomic mass is 10.0. The monoisotopic (exact) mass is 817 g/mol. The lowest BCUT2D eigenvalue weighted by Gasteiger charge is -2.15. The molecule has 0 atom stereocenters. The molecule has 0 spiro atoms. The normalized spacial score (nSPS) is 12.1. The summed E-state index contributed by atoms with van der Waals surface area (Å²) in [5, 5.41) is 9.50. The van der Waals surface area contributed by atoms with Crippen molar-refractivity contribution in [3.63, 3.8) is 0 Å². The van der Waals surface area contributed by atoms with E-state index >= 15 is 0 Å². The Bertz CT molecular complexity index is 4100. The Hall–Kier alpha value is -8.54. The second kappa shape index (κ2) is 14.0. The van der Waals surface area contributed by atoms with Crippen LogP contribution in [0.15, 0.2) is 201 Å². The number of hydrogen-bond donors (Lipinski definition) is 0. The molecule has 0 N–H and O–H groups in total. The molecule has 0 aliphatic heterocycles. The third kappa shape index (κ3) is 5.25. The minimum absolute atomic E-state index is 0.782. The smallest absolute Gasteiger partial charge is 0.165 e. The van der Waals surface area contributed by atoms with Crippen LogP contribution in [0.2, 0.25) is 0 Å². The number of benzene rings is 9. The number of hydrogen-bond acceptors (Lipinski definition) is 2. The van der Waals surface area contributed by atoms with Crippen molar-refractivity contribution in [1.29, 1.82) is 0 Å². The standard InChI is InChI=1S/C59H39N5/c1-3-16-39-33-48-45-22-11-15-26-52(45)63(55(48)35-37(39)4-2)42-29-30-46-56(36-42)64(54-32-27-38-17-8-9-20-43(38)57(46)54)59-58(60-49-23-12-13-24-50(49)61-59)40-28-31-53-47(34-40)44-21-10-14-25-51(44)62(53)41-18-6-5-7-19-41/h3-36H,2H2,1H3/b16-3-. The molecule has 13 rings (SSSR count). The highest BCUT2D eigenvalue weighted by atomic mass is 15.1. The molecule has 0 aliphatic carbocycles. The fourth-order valence-electron chi connectivity index (χ4n) is 10.3. The van der Waals surface area contributed by atoms with E-state index in [1.54, 1.807) is 0 Å². The van der Waals surface area contributed by atoms with E-state index in [9.17, 15) is 0 Å². The van der Waals surface area contributed by atoms with E-state index in [2.05, 4.69) is 215 Å². The Balaban J connectivity index is 1.13. The molecule has 5 heteroatoms. The summed E-state index contributed by atoms with van der Waals surface area (Å²) in [5.74, 6) is 0.782. The Morgan fingerprint density at radius 1 is 0.422 bits per heavy atom. The first kappa shape index (κ1) is 36.1. The Morgan fingerprint density at radius 3 is 1.81 bits per heavy atom. The van der Waals surface area contributed by atoms with Crippen LogP contribution in [0.4, 0.5) is 0 Å². The van der Waals surface area contributed by atoms with Crippen LogP contribution in [-0.2, 0) is 0 Å². The lowest BCUT2D eigenvalue weighted by molar-refractivity contribution is 1.08. The van der Waals surface area contributed by atoms with Crippen LogP contribution in [0.5, 0.6) is 0 Å². The van der Waals surface area contributed by atoms with Gasteiger partial charge in [-0.2, -0.15) is 0 Å². The van der Waals surface area contributed by atoms with Crippen molar-refractivity contribution in [3.05, 3.63) is 212 Å². The number of rotatable bonds is 6. The molecule has 13 aromatic rings. The van der Waals surface area contributed by atoms with E-state index in [1.807, 2.05) is 18.2 Å². The van der Waals surface area contributed by atoms with Gasteiger partial charge in [-0.05, 0) is 108 Å². The molecular weight excluding hydrogens is 779 g/mol. The van der Waals surface area contributed by atoms with Gasteiger partial charge in [0, 0.05) is 49.3 Å². The number of allylic oxidation sites excluding steroid dienone is 1. The summed E-state index contributed by atoms with van der Waals surface area (Å²) in [6.45, 7) is 6.27. The summed E-state index contributed by atoms with van der Waals surface area (Å²) >= 11 is 0. The van der Waals surface area contributed by atoms with Gasteiger partial charge in [-0.25, -0.2) is 9.97 Å². The van der Waals surface area contributed by atoms with Crippen molar-refractivity contribution < 1.29 is 0 Å². The Kier molecular flexibility index (Phi) is 7.90. The van der Waals surface area contributed by atoms with E-state index < -0.39 is 0 Å². The summed E-state index contributed by atoms with van der Waals surface area (Å²) in [6.07, 6.45) is 6.22. The zero-order valence-corrected chi connectivity index (χ0v) is 35.1. The van der Waals surface area contributed by atoms with E-state index in [-0.39, 0.29) is 0 Å². The quantitative estimate of drug-likeness (QED) is 0.168. The van der Waals surface area contributed by atoms with Crippen LogP contribution in [0.25, 0.3) is 128 Å². The van der Waals surface area contributed by atoms with Crippen LogP contribution in [0.1, 0.15) is 18.1 Å². The van der Waals surface area contributed by atoms with E-state index in [4.69, 9.17) is 9.97 Å². The van der Waals surface area contributed by atoms with E-state index in [0.29, 0.717) is 0 Å². The third-order valence-corrected chi connectivity index (χ3v) is 13.1. The second-order valence-corrected chi connectivity index (χ2v) is 16.6. The maximum Gasteiger partial charge on any atom is 0.165 e. The predicted molar refractivity (Wildman–Crippen MR) is 270 cm³/mol. The molecule has 0 saturated heterocycles. The zero-order valence-electron chi connectivity index (χ0n) is 35.1. The molecule has 0 radical (unpaired) electrons. The third-order valence-electron chi connectivity index (χ3n) is 13.1. The molecule has 0 bridgehead atoms. The van der Waals surface area contributed by atoms with E-state index in [1.165, 1.54) is 32.3 Å². The van der Waals surface area contributed by atoms with Gasteiger partial charge in [0.2, 0.25) is 0 Å². The highest BCUT2D eigenvalue weighted by Crippen LogP contribution is 2.43. The van der Waals surface area contributed by atoms with Crippen molar-refractivity contribution in [2.75, 3.05) is 0 Å². The maximum atomic E-state index is 5.58. The summed E-state index contributed by atoms with van der Waals surface area (Å²) in [6, 6.07) is 67.7. The van der Waals surface area contributed by atoms with Gasteiger partial charge in [-0.15, -0.1) is 0 Å². The van der Waals surface area contributed by atoms with Gasteiger partial charge in [0.25, 0.3) is 0 Å². The highest BCUT2D eigenvalue weighted by molar-refractivity contribution is 6.22. The molecule has 9 aromatic carbocycles. The van der Waals surface area contributed by atoms with Crippen molar-refractivity contribution in [1.82, 2.24) is 23.7 Å². The van der Waals surface area contributed by atoms with Crippen molar-refractivity contribution in [3.8, 4) is 28.5 Å². The fourth-order valence-corrected chi connectivity index (χ4v) is 10.3. The number of nitrogens with zero attached hydrogens (tertiary/aromatic N) is 5. The number of aromatic nitrogens is 5. The SMILES string of the molecule is C=Cc1cc2c(cc1/C=C\C)c1ccccc1n2-c1ccc2c3c4ccccc4ccc3n(-c3nc4ccccc4nc3-c3ccc4c(c3)c3ccccc3n4-c3ccccc3)c2c1. The number of fused-ring (bicyclic) bond motifs is 12. The van der Waals surface area contributed by atoms with Crippen molar-refractivity contribution in [2.45, 2.75) is 6.92 Å². The average molecular weight is 818 g/mol. The molecule has 0 fully saturated rings. The zero-order chi connectivity index (χ0) is 42.5. The van der Waals surface area contributed by atoms with Crippen LogP contribution in [0, 0.1) is 0 Å². The molecule has 5 nitrogen and oxygen atoms in total. The molecule has 0 saturated carbocycles. The largest absolute Gasteiger partial charge is 0.309 e. The summed E-state index contributed by atoms with van der Waals surface area (Å²) in [4.78, 5) is 11.1. The summed E-state index contributed by atoms with van der Waals surface area (Å²) in [7, 11) is 0. The first-order chi connectivity index (χ1) is 31.7. The maximum absolute atomic E-state index is 5.58. The molecule has 4 heterocycles. The van der Waals surface area contributed by atoms with Gasteiger partial charge in [0.05, 0.1) is 44.1 Å². The fraction of sp³-hybridized carbons (Fsp3) is 0.0169. The average Bonchev–Trinajstić information content (AvgIpc) is 3.98. The molecular formula is C59H39N5. The Labute approximate surface area is 368 Å². The second-order valence-electron chi connectivity index (χ2n) is 16.6. The van der Waals surface area contributed by atoms with Gasteiger partial charge in [-0.3, -0.25) is 4.57 Å². The summed E-state index contributed by atoms with van der Waals surface area (Å²) in [5.41, 5.74) is 14.6.